The Morgan fingerprint density at radius 1 is 1.23 bits per heavy atom. The normalized spacial score (nSPS) is 18.6. The zero-order chi connectivity index (χ0) is 22.3. The summed E-state index contributed by atoms with van der Waals surface area (Å²) in [5.74, 6) is -0.856. The minimum absolute atomic E-state index is 0.0980. The Labute approximate surface area is 174 Å². The fourth-order valence-corrected chi connectivity index (χ4v) is 3.39. The highest BCUT2D eigenvalue weighted by Crippen LogP contribution is 2.36. The number of ether oxygens (including phenoxy) is 1. The van der Waals surface area contributed by atoms with E-state index in [4.69, 9.17) is 4.74 Å². The number of aromatic nitrogens is 1. The van der Waals surface area contributed by atoms with Crippen LogP contribution in [0.3, 0.4) is 0 Å². The number of cyclic esters (lactones) is 1. The molecule has 2 aliphatic heterocycles. The summed E-state index contributed by atoms with van der Waals surface area (Å²) in [5.41, 5.74) is -0.107. The van der Waals surface area contributed by atoms with Crippen LogP contribution in [0, 0.1) is 0 Å². The molecule has 3 amide bonds. The topological polar surface area (TPSA) is 91.8 Å². The Morgan fingerprint density at radius 3 is 2.68 bits per heavy atom. The number of halogens is 3. The first-order chi connectivity index (χ1) is 14.6. The number of anilines is 2. The second-order valence-corrected chi connectivity index (χ2v) is 7.11. The zero-order valence-corrected chi connectivity index (χ0v) is 16.3. The van der Waals surface area contributed by atoms with Crippen LogP contribution in [0.15, 0.2) is 36.4 Å². The average molecular weight is 434 g/mol. The molecule has 1 saturated heterocycles. The largest absolute Gasteiger partial charge is 0.464 e. The van der Waals surface area contributed by atoms with Gasteiger partial charge in [0.2, 0.25) is 5.91 Å². The van der Waals surface area contributed by atoms with Crippen molar-refractivity contribution in [2.24, 2.45) is 0 Å². The molecular weight excluding hydrogens is 417 g/mol. The van der Waals surface area contributed by atoms with Gasteiger partial charge in [-0.25, -0.2) is 14.6 Å². The molecule has 0 aliphatic carbocycles. The van der Waals surface area contributed by atoms with Gasteiger partial charge in [-0.2, -0.15) is 13.2 Å². The molecule has 0 saturated carbocycles. The Bertz CT molecular complexity index is 1070. The van der Waals surface area contributed by atoms with E-state index in [0.717, 1.165) is 17.0 Å². The maximum absolute atomic E-state index is 13.1. The summed E-state index contributed by atoms with van der Waals surface area (Å²) >= 11 is 0. The van der Waals surface area contributed by atoms with Crippen molar-refractivity contribution in [2.45, 2.75) is 18.6 Å². The van der Waals surface area contributed by atoms with Crippen molar-refractivity contribution < 1.29 is 32.3 Å². The van der Waals surface area contributed by atoms with E-state index in [-0.39, 0.29) is 36.1 Å². The number of amides is 3. The van der Waals surface area contributed by atoms with Gasteiger partial charge in [0, 0.05) is 19.0 Å². The van der Waals surface area contributed by atoms with Crippen molar-refractivity contribution >= 4 is 29.4 Å². The lowest BCUT2D eigenvalue weighted by molar-refractivity contribution is -0.139. The number of benzene rings is 1. The molecule has 1 unspecified atom stereocenters. The molecule has 2 aliphatic rings. The summed E-state index contributed by atoms with van der Waals surface area (Å²) in [6.07, 6.45) is -4.21. The Balaban J connectivity index is 1.71. The van der Waals surface area contributed by atoms with Crippen LogP contribution in [0.2, 0.25) is 0 Å². The monoisotopic (exact) mass is 434 g/mol. The summed E-state index contributed by atoms with van der Waals surface area (Å²) in [6, 6.07) is 6.09. The number of urea groups is 1. The molecule has 2 aromatic rings. The summed E-state index contributed by atoms with van der Waals surface area (Å²) in [7, 11) is 1.51. The first-order valence-corrected chi connectivity index (χ1v) is 9.35. The molecule has 8 nitrogen and oxygen atoms in total. The van der Waals surface area contributed by atoms with Gasteiger partial charge in [0.15, 0.2) is 5.82 Å². The number of nitrogens with zero attached hydrogens (tertiary/aromatic N) is 3. The first kappa shape index (κ1) is 20.6. The number of hydrogen-bond acceptors (Lipinski definition) is 5. The molecule has 0 bridgehead atoms. The molecular formula is C20H17F3N4O4. The van der Waals surface area contributed by atoms with Crippen LogP contribution in [0.25, 0.3) is 11.3 Å². The molecule has 11 heteroatoms. The molecule has 1 atom stereocenters. The molecule has 0 spiro atoms. The van der Waals surface area contributed by atoms with E-state index in [1.54, 1.807) is 0 Å². The fraction of sp³-hybridized carbons (Fsp3) is 0.300. The van der Waals surface area contributed by atoms with Crippen molar-refractivity contribution in [3.8, 4) is 11.3 Å². The maximum Gasteiger partial charge on any atom is 0.416 e. The Hall–Kier alpha value is -3.63. The number of alkyl halides is 3. The van der Waals surface area contributed by atoms with Crippen molar-refractivity contribution in [2.75, 3.05) is 30.0 Å². The number of fused-ring (bicyclic) bond motifs is 1. The number of rotatable bonds is 2. The molecule has 1 aromatic heterocycles. The molecule has 4 rings (SSSR count). The van der Waals surface area contributed by atoms with Gasteiger partial charge in [-0.1, -0.05) is 12.1 Å². The van der Waals surface area contributed by atoms with Gasteiger partial charge in [-0.15, -0.1) is 0 Å². The third kappa shape index (κ3) is 3.90. The highest BCUT2D eigenvalue weighted by atomic mass is 19.4. The number of hydrogen-bond donors (Lipinski definition) is 1. The van der Waals surface area contributed by atoms with E-state index < -0.39 is 29.8 Å². The SMILES string of the molecule is CN1C(=O)CN(C(=O)NC2CCOC2=O)c2nc(-c3cccc(C(F)(F)F)c3)ccc21. The standard InChI is InChI=1S/C20H17F3N4O4/c1-26-15-6-5-13(11-3-2-4-12(9-11)20(21,22)23)24-17(15)27(10-16(26)28)19(30)25-14-7-8-31-18(14)29/h2-6,9,14H,7-8,10H2,1H3,(H,25,30). The summed E-state index contributed by atoms with van der Waals surface area (Å²) in [4.78, 5) is 43.6. The van der Waals surface area contributed by atoms with E-state index in [1.807, 2.05) is 0 Å². The van der Waals surface area contributed by atoms with Gasteiger partial charge < -0.3 is 15.0 Å². The smallest absolute Gasteiger partial charge is 0.416 e. The van der Waals surface area contributed by atoms with Crippen LogP contribution >= 0.6 is 0 Å². The van der Waals surface area contributed by atoms with E-state index >= 15 is 0 Å². The minimum Gasteiger partial charge on any atom is -0.464 e. The van der Waals surface area contributed by atoms with E-state index in [0.29, 0.717) is 12.1 Å². The second-order valence-electron chi connectivity index (χ2n) is 7.11. The van der Waals surface area contributed by atoms with Crippen molar-refractivity contribution in [3.63, 3.8) is 0 Å². The van der Waals surface area contributed by atoms with Gasteiger partial charge in [0.1, 0.15) is 12.6 Å². The van der Waals surface area contributed by atoms with Gasteiger partial charge >= 0.3 is 18.2 Å². The number of carbonyl (C=O) groups is 3. The summed E-state index contributed by atoms with van der Waals surface area (Å²) < 4.78 is 44.1. The predicted molar refractivity (Wildman–Crippen MR) is 103 cm³/mol. The molecule has 0 radical (unpaired) electrons. The van der Waals surface area contributed by atoms with Crippen LogP contribution in [-0.4, -0.2) is 49.1 Å². The lowest BCUT2D eigenvalue weighted by Crippen LogP contribution is -2.53. The second kappa shape index (κ2) is 7.56. The maximum atomic E-state index is 13.1. The summed E-state index contributed by atoms with van der Waals surface area (Å²) in [6.45, 7) is -0.157. The first-order valence-electron chi connectivity index (χ1n) is 9.35. The highest BCUT2D eigenvalue weighted by molar-refractivity contribution is 6.10. The number of pyridine rings is 1. The quantitative estimate of drug-likeness (QED) is 0.734. The van der Waals surface area contributed by atoms with Crippen LogP contribution in [0.1, 0.15) is 12.0 Å². The highest BCUT2D eigenvalue weighted by Gasteiger charge is 2.36. The van der Waals surface area contributed by atoms with Gasteiger partial charge in [0.25, 0.3) is 0 Å². The van der Waals surface area contributed by atoms with Crippen molar-refractivity contribution in [3.05, 3.63) is 42.0 Å². The minimum atomic E-state index is -4.52. The summed E-state index contributed by atoms with van der Waals surface area (Å²) in [5, 5.41) is 2.52. The average Bonchev–Trinajstić information content (AvgIpc) is 3.14. The third-order valence-electron chi connectivity index (χ3n) is 5.10. The predicted octanol–water partition coefficient (Wildman–Crippen LogP) is 2.58. The molecule has 1 fully saturated rings. The van der Waals surface area contributed by atoms with Crippen molar-refractivity contribution in [1.29, 1.82) is 0 Å². The molecule has 31 heavy (non-hydrogen) atoms. The van der Waals surface area contributed by atoms with Crippen molar-refractivity contribution in [1.82, 2.24) is 10.3 Å². The van der Waals surface area contributed by atoms with Crippen LogP contribution in [0.4, 0.5) is 29.5 Å². The number of carbonyl (C=O) groups excluding carboxylic acids is 3. The lowest BCUT2D eigenvalue weighted by Gasteiger charge is -2.33. The third-order valence-corrected chi connectivity index (χ3v) is 5.10. The zero-order valence-electron chi connectivity index (χ0n) is 16.3. The van der Waals surface area contributed by atoms with Crippen LogP contribution < -0.4 is 15.1 Å². The number of likely N-dealkylation sites (N-methyl/N-ethyl adjacent to an activating group) is 1. The van der Waals surface area contributed by atoms with E-state index in [9.17, 15) is 27.6 Å². The van der Waals surface area contributed by atoms with Gasteiger partial charge in [-0.05, 0) is 24.3 Å². The van der Waals surface area contributed by atoms with Gasteiger partial charge in [0.05, 0.1) is 23.6 Å². The van der Waals surface area contributed by atoms with E-state index in [2.05, 4.69) is 10.3 Å². The van der Waals surface area contributed by atoms with E-state index in [1.165, 1.54) is 36.2 Å². The molecule has 3 heterocycles. The van der Waals surface area contributed by atoms with Crippen LogP contribution in [0.5, 0.6) is 0 Å². The van der Waals surface area contributed by atoms with Crippen LogP contribution in [-0.2, 0) is 20.5 Å². The number of esters is 1. The molecule has 162 valence electrons. The molecule has 1 N–H and O–H groups in total. The Morgan fingerprint density at radius 2 is 2.00 bits per heavy atom. The van der Waals surface area contributed by atoms with Gasteiger partial charge in [-0.3, -0.25) is 9.69 Å². The Kier molecular flexibility index (Phi) is 5.03. The number of nitrogens with one attached hydrogen (secondary N) is 1. The molecule has 1 aromatic carbocycles. The fourth-order valence-electron chi connectivity index (χ4n) is 3.39. The lowest BCUT2D eigenvalue weighted by atomic mass is 10.1.